The maximum atomic E-state index is 12.2. The van der Waals surface area contributed by atoms with Crippen molar-refractivity contribution in [2.24, 2.45) is 0 Å². The third kappa shape index (κ3) is 5.20. The van der Waals surface area contributed by atoms with E-state index in [9.17, 15) is 24.5 Å². The summed E-state index contributed by atoms with van der Waals surface area (Å²) < 4.78 is 9.83. The molecule has 0 aliphatic heterocycles. The second-order valence-electron chi connectivity index (χ2n) is 4.74. The number of non-ortho nitro benzene ring substituents is 1. The predicted octanol–water partition coefficient (Wildman–Crippen LogP) is 1.27. The van der Waals surface area contributed by atoms with E-state index >= 15 is 0 Å². The number of halogens is 1. The number of benzene rings is 1. The SMILES string of the molecule is CC(=O)NC(CCl)(OC(C)=O)C(=O)OCc1ccc([N+](=O)[O-])cc1. The molecule has 10 heteroatoms. The number of carbonyl (C=O) groups excluding carboxylic acids is 3. The highest BCUT2D eigenvalue weighted by atomic mass is 35.5. The second-order valence-corrected chi connectivity index (χ2v) is 5.00. The van der Waals surface area contributed by atoms with E-state index in [0.29, 0.717) is 5.56 Å². The summed E-state index contributed by atoms with van der Waals surface area (Å²) in [6, 6.07) is 5.30. The van der Waals surface area contributed by atoms with E-state index in [-0.39, 0.29) is 12.3 Å². The maximum Gasteiger partial charge on any atom is 0.374 e. The van der Waals surface area contributed by atoms with Crippen molar-refractivity contribution in [3.8, 4) is 0 Å². The van der Waals surface area contributed by atoms with E-state index in [1.807, 2.05) is 0 Å². The molecule has 0 aliphatic carbocycles. The zero-order valence-electron chi connectivity index (χ0n) is 12.9. The lowest BCUT2D eigenvalue weighted by Crippen LogP contribution is -2.59. The van der Waals surface area contributed by atoms with Crippen molar-refractivity contribution < 1.29 is 28.8 Å². The molecule has 1 atom stereocenters. The lowest BCUT2D eigenvalue weighted by Gasteiger charge is -2.29. The van der Waals surface area contributed by atoms with E-state index in [1.54, 1.807) is 0 Å². The monoisotopic (exact) mass is 358 g/mol. The molecule has 130 valence electrons. The Balaban J connectivity index is 2.85. The number of esters is 2. The molecule has 0 bridgehead atoms. The van der Waals surface area contributed by atoms with Crippen LogP contribution < -0.4 is 5.32 Å². The number of carbonyl (C=O) groups is 3. The molecule has 0 heterocycles. The van der Waals surface area contributed by atoms with Crippen LogP contribution in [0.2, 0.25) is 0 Å². The molecule has 1 aromatic rings. The molecule has 1 N–H and O–H groups in total. The van der Waals surface area contributed by atoms with Crippen LogP contribution in [-0.2, 0) is 30.5 Å². The Morgan fingerprint density at radius 1 is 1.25 bits per heavy atom. The minimum atomic E-state index is -2.14. The first-order chi connectivity index (χ1) is 11.2. The summed E-state index contributed by atoms with van der Waals surface area (Å²) in [6.45, 7) is 1.91. The van der Waals surface area contributed by atoms with Crippen molar-refractivity contribution in [1.82, 2.24) is 5.32 Å². The largest absolute Gasteiger partial charge is 0.456 e. The van der Waals surface area contributed by atoms with Gasteiger partial charge < -0.3 is 14.8 Å². The standard InChI is InChI=1S/C14H15ClN2O7/c1-9(18)16-14(8-15,24-10(2)19)13(20)23-7-11-3-5-12(6-4-11)17(21)22/h3-6H,7-8H2,1-2H3,(H,16,18). The summed E-state index contributed by atoms with van der Waals surface area (Å²) in [4.78, 5) is 44.6. The Labute approximate surface area is 142 Å². The van der Waals surface area contributed by atoms with Crippen LogP contribution in [0.4, 0.5) is 5.69 Å². The summed E-state index contributed by atoms with van der Waals surface area (Å²) in [5.74, 6) is -3.10. The van der Waals surface area contributed by atoms with Gasteiger partial charge in [0.15, 0.2) is 0 Å². The highest BCUT2D eigenvalue weighted by Gasteiger charge is 2.44. The first kappa shape index (κ1) is 19.4. The van der Waals surface area contributed by atoms with Gasteiger partial charge in [-0.25, -0.2) is 4.79 Å². The zero-order chi connectivity index (χ0) is 18.3. The number of hydrogen-bond donors (Lipinski definition) is 1. The van der Waals surface area contributed by atoms with Gasteiger partial charge in [0.05, 0.1) is 10.8 Å². The van der Waals surface area contributed by atoms with E-state index < -0.39 is 34.4 Å². The fourth-order valence-corrected chi connectivity index (χ4v) is 1.97. The molecule has 0 radical (unpaired) electrons. The van der Waals surface area contributed by atoms with Crippen LogP contribution in [0.1, 0.15) is 19.4 Å². The first-order valence-corrected chi connectivity index (χ1v) is 7.18. The first-order valence-electron chi connectivity index (χ1n) is 6.65. The van der Waals surface area contributed by atoms with Crippen molar-refractivity contribution in [2.45, 2.75) is 26.2 Å². The number of nitro groups is 1. The number of ether oxygens (including phenoxy) is 2. The van der Waals surface area contributed by atoms with Gasteiger partial charge in [0.1, 0.15) is 6.61 Å². The molecule has 1 unspecified atom stereocenters. The van der Waals surface area contributed by atoms with Crippen molar-refractivity contribution in [3.05, 3.63) is 39.9 Å². The Bertz CT molecular complexity index is 629. The molecule has 1 amide bonds. The number of amides is 1. The van der Waals surface area contributed by atoms with Crippen molar-refractivity contribution >= 4 is 35.1 Å². The van der Waals surface area contributed by atoms with Gasteiger partial charge in [-0.05, 0) is 17.7 Å². The minimum Gasteiger partial charge on any atom is -0.456 e. The van der Waals surface area contributed by atoms with Gasteiger partial charge in [-0.15, -0.1) is 11.6 Å². The molecular weight excluding hydrogens is 344 g/mol. The number of nitro benzene ring substituents is 1. The average molecular weight is 359 g/mol. The molecule has 0 spiro atoms. The molecule has 1 rings (SSSR count). The number of nitrogens with one attached hydrogen (secondary N) is 1. The third-order valence-corrected chi connectivity index (χ3v) is 3.11. The van der Waals surface area contributed by atoms with Crippen molar-refractivity contribution in [2.75, 3.05) is 5.88 Å². The van der Waals surface area contributed by atoms with Crippen LogP contribution in [-0.4, -0.2) is 34.4 Å². The zero-order valence-corrected chi connectivity index (χ0v) is 13.7. The van der Waals surface area contributed by atoms with Gasteiger partial charge >= 0.3 is 11.9 Å². The van der Waals surface area contributed by atoms with Crippen molar-refractivity contribution in [3.63, 3.8) is 0 Å². The van der Waals surface area contributed by atoms with Gasteiger partial charge in [0, 0.05) is 26.0 Å². The molecule has 24 heavy (non-hydrogen) atoms. The van der Waals surface area contributed by atoms with Gasteiger partial charge in [-0.3, -0.25) is 19.7 Å². The molecule has 9 nitrogen and oxygen atoms in total. The Morgan fingerprint density at radius 3 is 2.25 bits per heavy atom. The summed E-state index contributed by atoms with van der Waals surface area (Å²) in [7, 11) is 0. The topological polar surface area (TPSA) is 125 Å². The number of hydrogen-bond acceptors (Lipinski definition) is 7. The van der Waals surface area contributed by atoms with Crippen LogP contribution >= 0.6 is 11.6 Å². The van der Waals surface area contributed by atoms with Gasteiger partial charge in [0.25, 0.3) is 11.4 Å². The smallest absolute Gasteiger partial charge is 0.374 e. The van der Waals surface area contributed by atoms with Crippen molar-refractivity contribution in [1.29, 1.82) is 0 Å². The number of nitrogens with zero attached hydrogens (tertiary/aromatic N) is 1. The quantitative estimate of drug-likeness (QED) is 0.256. The van der Waals surface area contributed by atoms with Crippen LogP contribution in [0, 0.1) is 10.1 Å². The number of rotatable bonds is 7. The third-order valence-electron chi connectivity index (χ3n) is 2.73. The maximum absolute atomic E-state index is 12.2. The predicted molar refractivity (Wildman–Crippen MR) is 81.9 cm³/mol. The van der Waals surface area contributed by atoms with Crippen LogP contribution in [0.5, 0.6) is 0 Å². The molecule has 0 saturated carbocycles. The van der Waals surface area contributed by atoms with E-state index in [1.165, 1.54) is 24.3 Å². The van der Waals surface area contributed by atoms with Gasteiger partial charge in [0.2, 0.25) is 5.91 Å². The van der Waals surface area contributed by atoms with Gasteiger partial charge in [-0.1, -0.05) is 0 Å². The molecular formula is C14H15ClN2O7. The molecule has 0 aromatic heterocycles. The normalized spacial score (nSPS) is 12.6. The Kier molecular flexibility index (Phi) is 6.66. The highest BCUT2D eigenvalue weighted by molar-refractivity contribution is 6.20. The van der Waals surface area contributed by atoms with Crippen LogP contribution in [0.15, 0.2) is 24.3 Å². The summed E-state index contributed by atoms with van der Waals surface area (Å²) in [6.07, 6.45) is 0. The summed E-state index contributed by atoms with van der Waals surface area (Å²) >= 11 is 5.68. The van der Waals surface area contributed by atoms with E-state index in [2.05, 4.69) is 5.32 Å². The van der Waals surface area contributed by atoms with Crippen LogP contribution in [0.3, 0.4) is 0 Å². The molecule has 0 saturated heterocycles. The van der Waals surface area contributed by atoms with Gasteiger partial charge in [-0.2, -0.15) is 0 Å². The van der Waals surface area contributed by atoms with E-state index in [0.717, 1.165) is 13.8 Å². The summed E-state index contributed by atoms with van der Waals surface area (Å²) in [5.41, 5.74) is -1.79. The second kappa shape index (κ2) is 8.25. The molecule has 1 aromatic carbocycles. The molecule has 0 aliphatic rings. The highest BCUT2D eigenvalue weighted by Crippen LogP contribution is 2.16. The Morgan fingerprint density at radius 2 is 1.83 bits per heavy atom. The Hall–Kier alpha value is -2.68. The lowest BCUT2D eigenvalue weighted by atomic mass is 10.2. The average Bonchev–Trinajstić information content (AvgIpc) is 2.51. The lowest BCUT2D eigenvalue weighted by molar-refractivity contribution is -0.384. The fourth-order valence-electron chi connectivity index (χ4n) is 1.74. The van der Waals surface area contributed by atoms with Crippen LogP contribution in [0.25, 0.3) is 0 Å². The molecule has 0 fully saturated rings. The van der Waals surface area contributed by atoms with E-state index in [4.69, 9.17) is 21.1 Å². The number of alkyl halides is 1. The fraction of sp³-hybridized carbons (Fsp3) is 0.357. The minimum absolute atomic E-state index is 0.113. The summed E-state index contributed by atoms with van der Waals surface area (Å²) in [5, 5.41) is 12.7.